The van der Waals surface area contributed by atoms with E-state index in [1.807, 2.05) is 26.0 Å². The summed E-state index contributed by atoms with van der Waals surface area (Å²) >= 11 is 0. The van der Waals surface area contributed by atoms with E-state index in [1.165, 1.54) is 6.33 Å². The molecule has 2 rings (SSSR count). The van der Waals surface area contributed by atoms with E-state index >= 15 is 0 Å². The number of aryl methyl sites for hydroxylation is 1. The van der Waals surface area contributed by atoms with Crippen LogP contribution in [0.2, 0.25) is 0 Å². The van der Waals surface area contributed by atoms with Crippen LogP contribution in [-0.4, -0.2) is 27.3 Å². The van der Waals surface area contributed by atoms with Crippen LogP contribution in [0.1, 0.15) is 37.9 Å². The minimum absolute atomic E-state index is 0.0574. The second-order valence-corrected chi connectivity index (χ2v) is 4.73. The lowest BCUT2D eigenvalue weighted by molar-refractivity contribution is 0.233. The summed E-state index contributed by atoms with van der Waals surface area (Å²) in [5.41, 5.74) is 0. The van der Waals surface area contributed by atoms with E-state index in [4.69, 9.17) is 4.42 Å². The first-order chi connectivity index (χ1) is 9.65. The maximum absolute atomic E-state index is 11.8. The van der Waals surface area contributed by atoms with Crippen molar-refractivity contribution < 1.29 is 9.21 Å². The fourth-order valence-electron chi connectivity index (χ4n) is 1.84. The van der Waals surface area contributed by atoms with Gasteiger partial charge >= 0.3 is 6.03 Å². The number of rotatable bonds is 6. The van der Waals surface area contributed by atoms with Gasteiger partial charge in [0.15, 0.2) is 0 Å². The largest absolute Gasteiger partial charge is 0.469 e. The number of nitrogens with one attached hydrogen (secondary N) is 3. The Kier molecular flexibility index (Phi) is 4.75. The van der Waals surface area contributed by atoms with Gasteiger partial charge in [-0.05, 0) is 32.4 Å². The Morgan fingerprint density at radius 2 is 2.30 bits per heavy atom. The lowest BCUT2D eigenvalue weighted by Gasteiger charge is -2.16. The number of amides is 2. The Hall–Kier alpha value is -2.31. The van der Waals surface area contributed by atoms with E-state index in [0.717, 1.165) is 18.6 Å². The number of furan rings is 1. The zero-order valence-electron chi connectivity index (χ0n) is 11.6. The van der Waals surface area contributed by atoms with Crippen molar-refractivity contribution >= 4 is 6.03 Å². The van der Waals surface area contributed by atoms with Gasteiger partial charge in [0.05, 0.1) is 12.3 Å². The van der Waals surface area contributed by atoms with Crippen molar-refractivity contribution in [3.8, 4) is 0 Å². The normalized spacial score (nSPS) is 13.7. The second kappa shape index (κ2) is 6.74. The number of aromatic nitrogens is 3. The van der Waals surface area contributed by atoms with E-state index in [9.17, 15) is 4.79 Å². The highest BCUT2D eigenvalue weighted by molar-refractivity contribution is 5.74. The van der Waals surface area contributed by atoms with E-state index in [0.29, 0.717) is 5.82 Å². The third-order valence-corrected chi connectivity index (χ3v) is 2.97. The average molecular weight is 277 g/mol. The summed E-state index contributed by atoms with van der Waals surface area (Å²) in [6.45, 7) is 3.80. The zero-order valence-corrected chi connectivity index (χ0v) is 11.6. The lowest BCUT2D eigenvalue weighted by Crippen LogP contribution is -2.42. The monoisotopic (exact) mass is 277 g/mol. The molecule has 0 aliphatic rings. The van der Waals surface area contributed by atoms with Crippen molar-refractivity contribution in [3.05, 3.63) is 36.3 Å². The van der Waals surface area contributed by atoms with Crippen LogP contribution in [0.3, 0.4) is 0 Å². The third-order valence-electron chi connectivity index (χ3n) is 2.97. The summed E-state index contributed by atoms with van der Waals surface area (Å²) in [5.74, 6) is 1.55. The van der Waals surface area contributed by atoms with Crippen LogP contribution in [0, 0.1) is 0 Å². The number of carbonyl (C=O) groups excluding carboxylic acids is 1. The average Bonchev–Trinajstić information content (AvgIpc) is 3.09. The molecule has 2 atom stereocenters. The maximum atomic E-state index is 11.8. The number of hydrogen-bond acceptors (Lipinski definition) is 4. The highest BCUT2D eigenvalue weighted by atomic mass is 16.3. The molecule has 2 unspecified atom stereocenters. The highest BCUT2D eigenvalue weighted by Crippen LogP contribution is 2.06. The van der Waals surface area contributed by atoms with E-state index in [2.05, 4.69) is 25.8 Å². The molecule has 3 N–H and O–H groups in total. The molecule has 2 aromatic heterocycles. The fraction of sp³-hybridized carbons (Fsp3) is 0.462. The van der Waals surface area contributed by atoms with Gasteiger partial charge in [0.25, 0.3) is 0 Å². The molecule has 0 aliphatic carbocycles. The Labute approximate surface area is 117 Å². The molecule has 108 valence electrons. The molecule has 0 spiro atoms. The van der Waals surface area contributed by atoms with Gasteiger partial charge in [0.1, 0.15) is 17.9 Å². The van der Waals surface area contributed by atoms with E-state index in [1.54, 1.807) is 6.26 Å². The van der Waals surface area contributed by atoms with Gasteiger partial charge in [-0.1, -0.05) is 0 Å². The summed E-state index contributed by atoms with van der Waals surface area (Å²) in [6.07, 6.45) is 4.68. The molecule has 2 heterocycles. The molecule has 7 heteroatoms. The second-order valence-electron chi connectivity index (χ2n) is 4.73. The van der Waals surface area contributed by atoms with Crippen LogP contribution in [0.4, 0.5) is 4.79 Å². The Morgan fingerprint density at radius 1 is 1.45 bits per heavy atom. The van der Waals surface area contributed by atoms with Crippen LogP contribution in [0.15, 0.2) is 29.1 Å². The fourth-order valence-corrected chi connectivity index (χ4v) is 1.84. The maximum Gasteiger partial charge on any atom is 0.315 e. The first kappa shape index (κ1) is 14.1. The van der Waals surface area contributed by atoms with Crippen molar-refractivity contribution in [1.82, 2.24) is 25.8 Å². The third kappa shape index (κ3) is 4.11. The molecule has 2 amide bonds. The molecular formula is C13H19N5O2. The minimum Gasteiger partial charge on any atom is -0.469 e. The molecule has 7 nitrogen and oxygen atoms in total. The summed E-state index contributed by atoms with van der Waals surface area (Å²) < 4.78 is 5.25. The van der Waals surface area contributed by atoms with Gasteiger partial charge in [-0.3, -0.25) is 5.10 Å². The van der Waals surface area contributed by atoms with Gasteiger partial charge in [0, 0.05) is 12.5 Å². The molecule has 0 radical (unpaired) electrons. The molecular weight excluding hydrogens is 258 g/mol. The Balaban J connectivity index is 1.70. The van der Waals surface area contributed by atoms with Crippen LogP contribution in [0.5, 0.6) is 0 Å². The summed E-state index contributed by atoms with van der Waals surface area (Å²) in [6, 6.07) is 3.41. The SMILES string of the molecule is CC(CCc1ccco1)NC(=O)NC(C)c1ncn[nH]1. The summed E-state index contributed by atoms with van der Waals surface area (Å²) in [4.78, 5) is 15.8. The topological polar surface area (TPSA) is 95.8 Å². The van der Waals surface area contributed by atoms with Crippen LogP contribution in [-0.2, 0) is 6.42 Å². The molecule has 0 aromatic carbocycles. The standard InChI is InChI=1S/C13H19N5O2/c1-9(5-6-11-4-3-7-20-11)16-13(19)17-10(2)12-14-8-15-18-12/h3-4,7-10H,5-6H2,1-2H3,(H,14,15,18)(H2,16,17,19). The number of H-pyrrole nitrogens is 1. The number of nitrogens with zero attached hydrogens (tertiary/aromatic N) is 2. The van der Waals surface area contributed by atoms with Crippen molar-refractivity contribution in [3.63, 3.8) is 0 Å². The molecule has 0 fully saturated rings. The van der Waals surface area contributed by atoms with Crippen LogP contribution >= 0.6 is 0 Å². The summed E-state index contributed by atoms with van der Waals surface area (Å²) in [5, 5.41) is 12.2. The van der Waals surface area contributed by atoms with E-state index in [-0.39, 0.29) is 18.1 Å². The van der Waals surface area contributed by atoms with Crippen LogP contribution < -0.4 is 10.6 Å². The Morgan fingerprint density at radius 3 is 2.95 bits per heavy atom. The predicted octanol–water partition coefficient (Wildman–Crippen LogP) is 1.78. The number of carbonyl (C=O) groups is 1. The van der Waals surface area contributed by atoms with Gasteiger partial charge in [-0.25, -0.2) is 9.78 Å². The lowest BCUT2D eigenvalue weighted by atomic mass is 10.1. The molecule has 20 heavy (non-hydrogen) atoms. The molecule has 0 saturated carbocycles. The molecule has 0 saturated heterocycles. The smallest absolute Gasteiger partial charge is 0.315 e. The quantitative estimate of drug-likeness (QED) is 0.750. The Bertz CT molecular complexity index is 509. The van der Waals surface area contributed by atoms with Gasteiger partial charge < -0.3 is 15.1 Å². The van der Waals surface area contributed by atoms with Crippen molar-refractivity contribution in [2.24, 2.45) is 0 Å². The first-order valence-corrected chi connectivity index (χ1v) is 6.60. The molecule has 2 aromatic rings. The highest BCUT2D eigenvalue weighted by Gasteiger charge is 2.13. The van der Waals surface area contributed by atoms with Gasteiger partial charge in [-0.15, -0.1) is 0 Å². The van der Waals surface area contributed by atoms with E-state index < -0.39 is 0 Å². The predicted molar refractivity (Wildman–Crippen MR) is 73.0 cm³/mol. The summed E-state index contributed by atoms with van der Waals surface area (Å²) in [7, 11) is 0. The molecule has 0 aliphatic heterocycles. The number of hydrogen-bond donors (Lipinski definition) is 3. The van der Waals surface area contributed by atoms with Crippen molar-refractivity contribution in [2.45, 2.75) is 38.8 Å². The zero-order chi connectivity index (χ0) is 14.4. The van der Waals surface area contributed by atoms with Crippen LogP contribution in [0.25, 0.3) is 0 Å². The van der Waals surface area contributed by atoms with Crippen molar-refractivity contribution in [2.75, 3.05) is 0 Å². The van der Waals surface area contributed by atoms with Crippen molar-refractivity contribution in [1.29, 1.82) is 0 Å². The number of aromatic amines is 1. The van der Waals surface area contributed by atoms with Gasteiger partial charge in [-0.2, -0.15) is 5.10 Å². The number of urea groups is 1. The minimum atomic E-state index is -0.221. The van der Waals surface area contributed by atoms with Gasteiger partial charge in [0.2, 0.25) is 0 Å². The molecule has 0 bridgehead atoms. The first-order valence-electron chi connectivity index (χ1n) is 6.60.